The molecule has 0 amide bonds. The molecule has 1 heterocycles. The molecule has 0 spiro atoms. The zero-order chi connectivity index (χ0) is 6.15. The van der Waals surface area contributed by atoms with Crippen LogP contribution in [0.4, 0.5) is 0 Å². The highest BCUT2D eigenvalue weighted by Crippen LogP contribution is 2.15. The second-order valence-corrected chi connectivity index (χ2v) is 2.65. The first-order chi connectivity index (χ1) is 3.70. The van der Waals surface area contributed by atoms with Gasteiger partial charge in [0.1, 0.15) is 0 Å². The monoisotopic (exact) mass is 115 g/mol. The van der Waals surface area contributed by atoms with Gasteiger partial charge in [-0.1, -0.05) is 0 Å². The Balaban J connectivity index is 2.05. The van der Waals surface area contributed by atoms with E-state index in [0.717, 1.165) is 12.6 Å². The van der Waals surface area contributed by atoms with Crippen LogP contribution in [-0.2, 0) is 0 Å². The van der Waals surface area contributed by atoms with Crippen molar-refractivity contribution in [2.75, 3.05) is 13.1 Å². The quantitative estimate of drug-likeness (QED) is 0.515. The average molecular weight is 115 g/mol. The minimum atomic E-state index is -0.153. The molecule has 0 aromatic heterocycles. The van der Waals surface area contributed by atoms with Crippen LogP contribution in [0.3, 0.4) is 0 Å². The molecule has 1 rings (SSSR count). The first-order valence-corrected chi connectivity index (χ1v) is 3.12. The summed E-state index contributed by atoms with van der Waals surface area (Å²) in [7, 11) is 0. The summed E-state index contributed by atoms with van der Waals surface area (Å²) in [5.41, 5.74) is 0. The molecule has 1 aliphatic heterocycles. The van der Waals surface area contributed by atoms with Gasteiger partial charge in [0.25, 0.3) is 0 Å². The SMILES string of the molecule is C[C@@H](O)CN1C[C@@H]1C. The maximum absolute atomic E-state index is 8.84. The van der Waals surface area contributed by atoms with Gasteiger partial charge in [0.2, 0.25) is 0 Å². The van der Waals surface area contributed by atoms with Gasteiger partial charge in [-0.15, -0.1) is 0 Å². The van der Waals surface area contributed by atoms with Gasteiger partial charge in [-0.3, -0.25) is 4.90 Å². The van der Waals surface area contributed by atoms with Crippen molar-refractivity contribution in [1.82, 2.24) is 4.90 Å². The minimum absolute atomic E-state index is 0.153. The van der Waals surface area contributed by atoms with Crippen LogP contribution in [0.2, 0.25) is 0 Å². The molecular formula is C6H13NO. The Labute approximate surface area is 50.1 Å². The highest BCUT2D eigenvalue weighted by atomic mass is 16.3. The molecule has 8 heavy (non-hydrogen) atoms. The van der Waals surface area contributed by atoms with Crippen molar-refractivity contribution in [2.45, 2.75) is 26.0 Å². The van der Waals surface area contributed by atoms with Gasteiger partial charge in [0.05, 0.1) is 6.10 Å². The fourth-order valence-corrected chi connectivity index (χ4v) is 0.886. The predicted molar refractivity (Wildman–Crippen MR) is 32.7 cm³/mol. The molecule has 0 aromatic carbocycles. The third-order valence-electron chi connectivity index (χ3n) is 1.49. The van der Waals surface area contributed by atoms with E-state index in [4.69, 9.17) is 5.11 Å². The summed E-state index contributed by atoms with van der Waals surface area (Å²) in [6, 6.07) is 0.726. The van der Waals surface area contributed by atoms with Gasteiger partial charge < -0.3 is 5.11 Å². The number of hydrogen-bond donors (Lipinski definition) is 1. The summed E-state index contributed by atoms with van der Waals surface area (Å²) in [6.45, 7) is 6.01. The first-order valence-electron chi connectivity index (χ1n) is 3.12. The van der Waals surface area contributed by atoms with E-state index < -0.39 is 0 Å². The molecule has 1 aliphatic rings. The molecule has 0 bridgehead atoms. The van der Waals surface area contributed by atoms with Crippen molar-refractivity contribution in [2.24, 2.45) is 0 Å². The topological polar surface area (TPSA) is 23.2 Å². The standard InChI is InChI=1S/C6H13NO/c1-5-3-7(5)4-6(2)8/h5-6,8H,3-4H2,1-2H3/t5-,6+,7?/m0/s1. The largest absolute Gasteiger partial charge is 0.392 e. The lowest BCUT2D eigenvalue weighted by atomic mass is 10.4. The Morgan fingerprint density at radius 1 is 1.88 bits per heavy atom. The highest BCUT2D eigenvalue weighted by molar-refractivity contribution is 4.85. The summed E-state index contributed by atoms with van der Waals surface area (Å²) in [6.07, 6.45) is -0.153. The molecule has 1 fully saturated rings. The molecule has 2 heteroatoms. The molecule has 1 unspecified atom stereocenters. The van der Waals surface area contributed by atoms with Crippen molar-refractivity contribution < 1.29 is 5.11 Å². The normalized spacial score (nSPS) is 39.4. The van der Waals surface area contributed by atoms with Gasteiger partial charge in [-0.05, 0) is 13.8 Å². The maximum Gasteiger partial charge on any atom is 0.0639 e. The Hall–Kier alpha value is -0.0800. The van der Waals surface area contributed by atoms with Crippen molar-refractivity contribution >= 4 is 0 Å². The van der Waals surface area contributed by atoms with E-state index in [9.17, 15) is 0 Å². The van der Waals surface area contributed by atoms with Gasteiger partial charge in [0.15, 0.2) is 0 Å². The molecule has 2 nitrogen and oxygen atoms in total. The molecule has 1 N–H and O–H groups in total. The van der Waals surface area contributed by atoms with Gasteiger partial charge in [-0.25, -0.2) is 0 Å². The predicted octanol–water partition coefficient (Wildman–Crippen LogP) is 0.0713. The number of aliphatic hydroxyl groups excluding tert-OH is 1. The fraction of sp³-hybridized carbons (Fsp3) is 1.00. The minimum Gasteiger partial charge on any atom is -0.392 e. The summed E-state index contributed by atoms with van der Waals surface area (Å²) in [4.78, 5) is 2.24. The smallest absolute Gasteiger partial charge is 0.0639 e. The Kier molecular flexibility index (Phi) is 1.54. The Morgan fingerprint density at radius 2 is 2.38 bits per heavy atom. The van der Waals surface area contributed by atoms with E-state index in [1.165, 1.54) is 6.54 Å². The summed E-state index contributed by atoms with van der Waals surface area (Å²) in [5, 5.41) is 8.84. The van der Waals surface area contributed by atoms with E-state index in [1.807, 2.05) is 6.92 Å². The fourth-order valence-electron chi connectivity index (χ4n) is 0.886. The lowest BCUT2D eigenvalue weighted by Gasteiger charge is -2.02. The highest BCUT2D eigenvalue weighted by Gasteiger charge is 2.28. The van der Waals surface area contributed by atoms with E-state index in [2.05, 4.69) is 11.8 Å². The molecule has 0 saturated carbocycles. The molecule has 0 radical (unpaired) electrons. The van der Waals surface area contributed by atoms with Crippen molar-refractivity contribution in [3.8, 4) is 0 Å². The van der Waals surface area contributed by atoms with Crippen molar-refractivity contribution in [3.63, 3.8) is 0 Å². The van der Waals surface area contributed by atoms with Crippen LogP contribution in [0.15, 0.2) is 0 Å². The van der Waals surface area contributed by atoms with E-state index in [1.54, 1.807) is 0 Å². The zero-order valence-corrected chi connectivity index (χ0v) is 5.46. The van der Waals surface area contributed by atoms with Crippen LogP contribution in [0.1, 0.15) is 13.8 Å². The molecule has 0 aliphatic carbocycles. The first kappa shape index (κ1) is 6.05. The van der Waals surface area contributed by atoms with Gasteiger partial charge in [0, 0.05) is 19.1 Å². The Bertz CT molecular complexity index is 82.6. The van der Waals surface area contributed by atoms with Crippen LogP contribution in [0.5, 0.6) is 0 Å². The average Bonchev–Trinajstić information content (AvgIpc) is 2.17. The van der Waals surface area contributed by atoms with Gasteiger partial charge >= 0.3 is 0 Å². The number of hydrogen-bond acceptors (Lipinski definition) is 2. The lowest BCUT2D eigenvalue weighted by Crippen LogP contribution is -2.15. The third-order valence-corrected chi connectivity index (χ3v) is 1.49. The van der Waals surface area contributed by atoms with Crippen LogP contribution in [0, 0.1) is 0 Å². The molecular weight excluding hydrogens is 102 g/mol. The van der Waals surface area contributed by atoms with E-state index in [-0.39, 0.29) is 6.10 Å². The molecule has 48 valence electrons. The summed E-state index contributed by atoms with van der Waals surface area (Å²) < 4.78 is 0. The zero-order valence-electron chi connectivity index (χ0n) is 5.46. The second-order valence-electron chi connectivity index (χ2n) is 2.65. The van der Waals surface area contributed by atoms with Crippen LogP contribution < -0.4 is 0 Å². The molecule has 0 aromatic rings. The number of rotatable bonds is 2. The number of β-amino-alcohol motifs (C(OH)–C–C–N with tert-alkyl or cyclic N) is 1. The van der Waals surface area contributed by atoms with Gasteiger partial charge in [-0.2, -0.15) is 0 Å². The Morgan fingerprint density at radius 3 is 2.50 bits per heavy atom. The lowest BCUT2D eigenvalue weighted by molar-refractivity contribution is 0.170. The van der Waals surface area contributed by atoms with Crippen LogP contribution in [0.25, 0.3) is 0 Å². The van der Waals surface area contributed by atoms with Crippen molar-refractivity contribution in [1.29, 1.82) is 0 Å². The molecule has 3 atom stereocenters. The van der Waals surface area contributed by atoms with Crippen LogP contribution in [-0.4, -0.2) is 35.2 Å². The van der Waals surface area contributed by atoms with E-state index >= 15 is 0 Å². The summed E-state index contributed by atoms with van der Waals surface area (Å²) in [5.74, 6) is 0. The second kappa shape index (κ2) is 2.03. The third kappa shape index (κ3) is 1.46. The maximum atomic E-state index is 8.84. The van der Waals surface area contributed by atoms with Crippen molar-refractivity contribution in [3.05, 3.63) is 0 Å². The number of aliphatic hydroxyl groups is 1. The molecule has 1 saturated heterocycles. The van der Waals surface area contributed by atoms with Crippen LogP contribution >= 0.6 is 0 Å². The summed E-state index contributed by atoms with van der Waals surface area (Å²) >= 11 is 0. The van der Waals surface area contributed by atoms with E-state index in [0.29, 0.717) is 0 Å². The number of nitrogens with zero attached hydrogens (tertiary/aromatic N) is 1.